The summed E-state index contributed by atoms with van der Waals surface area (Å²) in [6.07, 6.45) is 2.23. The van der Waals surface area contributed by atoms with Gasteiger partial charge in [0.15, 0.2) is 0 Å². The van der Waals surface area contributed by atoms with E-state index in [2.05, 4.69) is 5.32 Å². The first kappa shape index (κ1) is 21.9. The maximum Gasteiger partial charge on any atom is 0.232 e. The fourth-order valence-electron chi connectivity index (χ4n) is 2.99. The minimum atomic E-state index is -3.65. The number of carbonyl (C=O) groups excluding carboxylic acids is 1. The van der Waals surface area contributed by atoms with Crippen molar-refractivity contribution in [1.29, 1.82) is 0 Å². The number of hydrogen-bond acceptors (Lipinski definition) is 3. The van der Waals surface area contributed by atoms with Crippen LogP contribution in [0.25, 0.3) is 0 Å². The van der Waals surface area contributed by atoms with E-state index in [4.69, 9.17) is 0 Å². The molecule has 0 bridgehead atoms. The largest absolute Gasteiger partial charge is 0.349 e. The number of para-hydroxylation sites is 1. The van der Waals surface area contributed by atoms with Crippen molar-refractivity contribution in [2.24, 2.45) is 0 Å². The van der Waals surface area contributed by atoms with Gasteiger partial charge in [0, 0.05) is 13.0 Å². The van der Waals surface area contributed by atoms with Gasteiger partial charge in [0.1, 0.15) is 5.82 Å². The number of aryl methyl sites for hydroxylation is 1. The van der Waals surface area contributed by atoms with E-state index in [1.165, 1.54) is 18.2 Å². The van der Waals surface area contributed by atoms with Crippen molar-refractivity contribution in [2.75, 3.05) is 17.1 Å². The van der Waals surface area contributed by atoms with Gasteiger partial charge in [-0.15, -0.1) is 0 Å². The summed E-state index contributed by atoms with van der Waals surface area (Å²) in [5, 5.41) is 2.99. The first-order chi connectivity index (χ1) is 13.2. The van der Waals surface area contributed by atoms with E-state index in [-0.39, 0.29) is 37.0 Å². The van der Waals surface area contributed by atoms with Crippen molar-refractivity contribution in [2.45, 2.75) is 39.2 Å². The molecule has 2 rings (SSSR count). The number of nitrogens with one attached hydrogen (secondary N) is 1. The van der Waals surface area contributed by atoms with Crippen molar-refractivity contribution in [3.63, 3.8) is 0 Å². The molecule has 0 aliphatic heterocycles. The van der Waals surface area contributed by atoms with Crippen molar-refractivity contribution in [1.82, 2.24) is 5.32 Å². The van der Waals surface area contributed by atoms with Crippen LogP contribution in [0, 0.1) is 12.7 Å². The molecule has 0 saturated carbocycles. The Labute approximate surface area is 166 Å². The Hall–Kier alpha value is -2.41. The molecule has 1 N–H and O–H groups in total. The standard InChI is InChI=1S/C21H27FN2O3S/c1-4-19(17-13-11-16(2)12-14-17)23-21(25)10-7-15-24(28(3,26)27)20-9-6-5-8-18(20)22/h5-6,8-9,11-14,19H,4,7,10,15H2,1-3H3,(H,23,25). The lowest BCUT2D eigenvalue weighted by Gasteiger charge is -2.23. The summed E-state index contributed by atoms with van der Waals surface area (Å²) in [7, 11) is -3.65. The van der Waals surface area contributed by atoms with Crippen LogP contribution in [0.2, 0.25) is 0 Å². The fraction of sp³-hybridized carbons (Fsp3) is 0.381. The van der Waals surface area contributed by atoms with Crippen molar-refractivity contribution in [3.05, 3.63) is 65.5 Å². The molecule has 0 fully saturated rings. The van der Waals surface area contributed by atoms with Gasteiger partial charge in [-0.05, 0) is 37.5 Å². The van der Waals surface area contributed by atoms with Gasteiger partial charge in [-0.1, -0.05) is 48.9 Å². The summed E-state index contributed by atoms with van der Waals surface area (Å²) >= 11 is 0. The van der Waals surface area contributed by atoms with Crippen LogP contribution in [0.3, 0.4) is 0 Å². The van der Waals surface area contributed by atoms with Crippen LogP contribution in [0.5, 0.6) is 0 Å². The summed E-state index contributed by atoms with van der Waals surface area (Å²) < 4.78 is 39.1. The van der Waals surface area contributed by atoms with E-state index in [0.717, 1.165) is 28.1 Å². The lowest BCUT2D eigenvalue weighted by atomic mass is 10.0. The molecule has 0 radical (unpaired) electrons. The van der Waals surface area contributed by atoms with Crippen molar-refractivity contribution < 1.29 is 17.6 Å². The monoisotopic (exact) mass is 406 g/mol. The van der Waals surface area contributed by atoms with E-state index in [0.29, 0.717) is 0 Å². The summed E-state index contributed by atoms with van der Waals surface area (Å²) in [5.74, 6) is -0.766. The Morgan fingerprint density at radius 3 is 2.36 bits per heavy atom. The second-order valence-electron chi connectivity index (χ2n) is 6.83. The average molecular weight is 407 g/mol. The Bertz CT molecular complexity index is 898. The molecule has 0 spiro atoms. The number of anilines is 1. The number of amides is 1. The number of rotatable bonds is 9. The molecule has 0 heterocycles. The Balaban J connectivity index is 1.97. The number of nitrogens with zero attached hydrogens (tertiary/aromatic N) is 1. The van der Waals surface area contributed by atoms with Gasteiger partial charge in [-0.3, -0.25) is 9.10 Å². The molecule has 0 aliphatic carbocycles. The van der Waals surface area contributed by atoms with Crippen LogP contribution in [0.4, 0.5) is 10.1 Å². The minimum absolute atomic E-state index is 0.00324. The van der Waals surface area contributed by atoms with Crippen LogP contribution >= 0.6 is 0 Å². The van der Waals surface area contributed by atoms with Crippen molar-refractivity contribution in [3.8, 4) is 0 Å². The van der Waals surface area contributed by atoms with Gasteiger partial charge in [0.25, 0.3) is 0 Å². The highest BCUT2D eigenvalue weighted by Gasteiger charge is 2.21. The van der Waals surface area contributed by atoms with Crippen LogP contribution < -0.4 is 9.62 Å². The second kappa shape index (κ2) is 9.68. The highest BCUT2D eigenvalue weighted by molar-refractivity contribution is 7.92. The van der Waals surface area contributed by atoms with Crippen LogP contribution in [-0.2, 0) is 14.8 Å². The number of sulfonamides is 1. The second-order valence-corrected chi connectivity index (χ2v) is 8.74. The molecule has 1 amide bonds. The molecular formula is C21H27FN2O3S. The molecule has 28 heavy (non-hydrogen) atoms. The fourth-order valence-corrected chi connectivity index (χ4v) is 3.95. The molecule has 152 valence electrons. The van der Waals surface area contributed by atoms with Crippen LogP contribution in [-0.4, -0.2) is 27.1 Å². The lowest BCUT2D eigenvalue weighted by molar-refractivity contribution is -0.121. The smallest absolute Gasteiger partial charge is 0.232 e. The molecule has 2 aromatic rings. The van der Waals surface area contributed by atoms with Gasteiger partial charge >= 0.3 is 0 Å². The number of halogens is 1. The van der Waals surface area contributed by atoms with E-state index < -0.39 is 15.8 Å². The third kappa shape index (κ3) is 6.05. The molecule has 2 aromatic carbocycles. The Kier molecular flexibility index (Phi) is 7.57. The number of hydrogen-bond donors (Lipinski definition) is 1. The minimum Gasteiger partial charge on any atom is -0.349 e. The van der Waals surface area contributed by atoms with Crippen LogP contribution in [0.1, 0.15) is 43.4 Å². The van der Waals surface area contributed by atoms with Gasteiger partial charge in [-0.2, -0.15) is 0 Å². The quantitative estimate of drug-likeness (QED) is 0.686. The van der Waals surface area contributed by atoms with Gasteiger partial charge in [0.2, 0.25) is 15.9 Å². The first-order valence-electron chi connectivity index (χ1n) is 9.30. The maximum absolute atomic E-state index is 14.0. The molecule has 0 aliphatic rings. The van der Waals surface area contributed by atoms with E-state index >= 15 is 0 Å². The Morgan fingerprint density at radius 1 is 1.14 bits per heavy atom. The molecule has 0 aromatic heterocycles. The van der Waals surface area contributed by atoms with Gasteiger partial charge < -0.3 is 5.32 Å². The molecule has 0 saturated heterocycles. The molecule has 5 nitrogen and oxygen atoms in total. The summed E-state index contributed by atoms with van der Waals surface area (Å²) in [4.78, 5) is 12.3. The molecular weight excluding hydrogens is 379 g/mol. The third-order valence-corrected chi connectivity index (χ3v) is 5.69. The zero-order valence-corrected chi connectivity index (χ0v) is 17.3. The average Bonchev–Trinajstić information content (AvgIpc) is 2.64. The number of benzene rings is 2. The van der Waals surface area contributed by atoms with E-state index in [9.17, 15) is 17.6 Å². The van der Waals surface area contributed by atoms with E-state index in [1.54, 1.807) is 6.07 Å². The van der Waals surface area contributed by atoms with Gasteiger partial charge in [0.05, 0.1) is 18.0 Å². The topological polar surface area (TPSA) is 66.5 Å². The first-order valence-corrected chi connectivity index (χ1v) is 11.2. The predicted molar refractivity (Wildman–Crippen MR) is 110 cm³/mol. The highest BCUT2D eigenvalue weighted by atomic mass is 32.2. The zero-order chi connectivity index (χ0) is 20.7. The third-order valence-electron chi connectivity index (χ3n) is 4.51. The van der Waals surface area contributed by atoms with Crippen molar-refractivity contribution >= 4 is 21.6 Å². The van der Waals surface area contributed by atoms with E-state index in [1.807, 2.05) is 38.1 Å². The maximum atomic E-state index is 14.0. The summed E-state index contributed by atoms with van der Waals surface area (Å²) in [6, 6.07) is 13.6. The normalized spacial score (nSPS) is 12.4. The molecule has 1 atom stereocenters. The molecule has 1 unspecified atom stereocenters. The Morgan fingerprint density at radius 2 is 1.79 bits per heavy atom. The number of carbonyl (C=O) groups is 1. The SMILES string of the molecule is CCC(NC(=O)CCCN(c1ccccc1F)S(C)(=O)=O)c1ccc(C)cc1. The lowest BCUT2D eigenvalue weighted by Crippen LogP contribution is -2.33. The van der Waals surface area contributed by atoms with Gasteiger partial charge in [-0.25, -0.2) is 12.8 Å². The summed E-state index contributed by atoms with van der Waals surface area (Å²) in [6.45, 7) is 4.04. The van der Waals surface area contributed by atoms with Crippen LogP contribution in [0.15, 0.2) is 48.5 Å². The highest BCUT2D eigenvalue weighted by Crippen LogP contribution is 2.22. The predicted octanol–water partition coefficient (Wildman–Crippen LogP) is 3.95. The summed E-state index contributed by atoms with van der Waals surface area (Å²) in [5.41, 5.74) is 2.18. The zero-order valence-electron chi connectivity index (χ0n) is 16.5. The molecule has 7 heteroatoms.